The molecule has 2 amide bonds. The molecule has 3 N–H and O–H groups in total. The number of hydrogen-bond acceptors (Lipinski definition) is 3. The number of nitrogens with one attached hydrogen (secondary N) is 3. The molecule has 4 rings (SSSR count). The summed E-state index contributed by atoms with van der Waals surface area (Å²) in [4.78, 5) is 34.0. The maximum atomic E-state index is 13.2. The number of nitrogens with zero attached hydrogens (tertiary/aromatic N) is 2. The molecule has 28 heavy (non-hydrogen) atoms. The number of hydrogen-bond donors (Lipinski definition) is 2. The van der Waals surface area contributed by atoms with Crippen LogP contribution in [0.1, 0.15) is 13.3 Å². The third-order valence-corrected chi connectivity index (χ3v) is 5.53. The molecular weight excluding hydrogens is 354 g/mol. The first kappa shape index (κ1) is 18.4. The van der Waals surface area contributed by atoms with Crippen LogP contribution in [-0.4, -0.2) is 50.6 Å². The summed E-state index contributed by atoms with van der Waals surface area (Å²) in [5.74, 6) is 1.15. The number of para-hydroxylation sites is 2. The van der Waals surface area contributed by atoms with Crippen molar-refractivity contribution >= 4 is 29.0 Å². The Morgan fingerprint density at radius 3 is 2.68 bits per heavy atom. The van der Waals surface area contributed by atoms with E-state index in [-0.39, 0.29) is 17.9 Å². The van der Waals surface area contributed by atoms with Crippen molar-refractivity contribution in [2.45, 2.75) is 19.4 Å². The van der Waals surface area contributed by atoms with Crippen molar-refractivity contribution in [2.24, 2.45) is 0 Å². The molecule has 0 bridgehead atoms. The van der Waals surface area contributed by atoms with Gasteiger partial charge in [0.25, 0.3) is 11.7 Å². The highest BCUT2D eigenvalue weighted by molar-refractivity contribution is 6.04. The van der Waals surface area contributed by atoms with Crippen LogP contribution in [0.15, 0.2) is 48.7 Å². The molecule has 3 heterocycles. The predicted octanol–water partition coefficient (Wildman–Crippen LogP) is -0.0305. The van der Waals surface area contributed by atoms with E-state index >= 15 is 0 Å². The number of quaternary nitrogens is 1. The summed E-state index contributed by atoms with van der Waals surface area (Å²) in [5, 5.41) is 2.92. The number of anilines is 3. The van der Waals surface area contributed by atoms with Crippen LogP contribution < -0.4 is 25.0 Å². The van der Waals surface area contributed by atoms with E-state index in [1.807, 2.05) is 49.5 Å². The number of carbonyl (C=O) groups excluding carboxylic acids is 2. The number of aromatic amines is 1. The summed E-state index contributed by atoms with van der Waals surface area (Å²) in [7, 11) is 0. The Kier molecular flexibility index (Phi) is 5.25. The number of benzene rings is 1. The van der Waals surface area contributed by atoms with Crippen molar-refractivity contribution in [3.05, 3.63) is 48.7 Å². The quantitative estimate of drug-likeness (QED) is 0.784. The molecule has 1 atom stereocenters. The number of rotatable bonds is 3. The lowest BCUT2D eigenvalue weighted by atomic mass is 10.1. The van der Waals surface area contributed by atoms with Crippen molar-refractivity contribution in [2.75, 3.05) is 47.8 Å². The van der Waals surface area contributed by atoms with Gasteiger partial charge in [0, 0.05) is 18.5 Å². The number of fused-ring (bicyclic) bond motifs is 1. The molecule has 1 aromatic heterocycles. The first-order chi connectivity index (χ1) is 13.6. The van der Waals surface area contributed by atoms with Crippen molar-refractivity contribution < 1.29 is 19.5 Å². The van der Waals surface area contributed by atoms with Crippen LogP contribution in [0.5, 0.6) is 0 Å². The predicted molar refractivity (Wildman–Crippen MR) is 107 cm³/mol. The second-order valence-electron chi connectivity index (χ2n) is 7.54. The van der Waals surface area contributed by atoms with Gasteiger partial charge in [-0.1, -0.05) is 18.2 Å². The Morgan fingerprint density at radius 2 is 1.93 bits per heavy atom. The molecule has 7 heteroatoms. The summed E-state index contributed by atoms with van der Waals surface area (Å²) in [6.07, 6.45) is 2.25. The maximum absolute atomic E-state index is 13.2. The third-order valence-electron chi connectivity index (χ3n) is 5.53. The number of amides is 2. The van der Waals surface area contributed by atoms with Gasteiger partial charge in [0.15, 0.2) is 6.54 Å². The van der Waals surface area contributed by atoms with Crippen LogP contribution in [-0.2, 0) is 9.59 Å². The molecule has 0 radical (unpaired) electrons. The van der Waals surface area contributed by atoms with Crippen LogP contribution in [0.3, 0.4) is 0 Å². The molecule has 1 saturated heterocycles. The van der Waals surface area contributed by atoms with Crippen LogP contribution in [0, 0.1) is 0 Å². The van der Waals surface area contributed by atoms with Gasteiger partial charge in [-0.3, -0.25) is 14.5 Å². The van der Waals surface area contributed by atoms with E-state index in [0.717, 1.165) is 37.7 Å². The Balaban J connectivity index is 1.43. The largest absolute Gasteiger partial charge is 0.324 e. The van der Waals surface area contributed by atoms with E-state index in [2.05, 4.69) is 21.3 Å². The van der Waals surface area contributed by atoms with Gasteiger partial charge in [-0.2, -0.15) is 0 Å². The molecule has 0 aliphatic carbocycles. The minimum Gasteiger partial charge on any atom is -0.324 e. The lowest BCUT2D eigenvalue weighted by molar-refractivity contribution is -0.892. The standard InChI is InChI=1S/C21H25N5O2/c1-16-14-20(27)23-17-6-2-3-7-18(17)26(16)21(28)15-24-10-12-25(13-11-24)19-8-4-5-9-22-19/h2-9,16H,10-15H2,1H3,(H,23,27)/p+2/t16-/m1/s1. The monoisotopic (exact) mass is 381 g/mol. The van der Waals surface area contributed by atoms with Gasteiger partial charge < -0.3 is 15.1 Å². The fourth-order valence-electron chi connectivity index (χ4n) is 4.09. The molecule has 146 valence electrons. The van der Waals surface area contributed by atoms with Crippen molar-refractivity contribution in [1.82, 2.24) is 0 Å². The summed E-state index contributed by atoms with van der Waals surface area (Å²) in [5.41, 5.74) is 1.51. The van der Waals surface area contributed by atoms with E-state index in [9.17, 15) is 9.59 Å². The van der Waals surface area contributed by atoms with E-state index in [1.54, 1.807) is 4.90 Å². The number of pyridine rings is 1. The Hall–Kier alpha value is -2.93. The molecule has 1 fully saturated rings. The molecule has 2 aromatic rings. The Labute approximate surface area is 164 Å². The Bertz CT molecular complexity index is 849. The molecule has 7 nitrogen and oxygen atoms in total. The second kappa shape index (κ2) is 7.98. The molecule has 2 aliphatic heterocycles. The fourth-order valence-corrected chi connectivity index (χ4v) is 4.09. The highest BCUT2D eigenvalue weighted by Crippen LogP contribution is 2.31. The zero-order valence-corrected chi connectivity index (χ0v) is 16.1. The maximum Gasteiger partial charge on any atom is 0.282 e. The molecule has 2 aliphatic rings. The van der Waals surface area contributed by atoms with Crippen molar-refractivity contribution in [3.8, 4) is 0 Å². The van der Waals surface area contributed by atoms with Crippen molar-refractivity contribution in [1.29, 1.82) is 0 Å². The molecule has 1 aromatic carbocycles. The number of H-pyrrole nitrogens is 1. The summed E-state index contributed by atoms with van der Waals surface area (Å²) in [6.45, 7) is 6.03. The zero-order valence-electron chi connectivity index (χ0n) is 16.1. The highest BCUT2D eigenvalue weighted by Gasteiger charge is 2.33. The SMILES string of the molecule is C[C@@H]1CC(=O)Nc2ccccc2N1C(=O)C[NH+]1CCN(c2cccc[nH+]2)CC1. The summed E-state index contributed by atoms with van der Waals surface area (Å²) in [6, 6.07) is 13.5. The van der Waals surface area contributed by atoms with Crippen molar-refractivity contribution in [3.63, 3.8) is 0 Å². The molecule has 0 spiro atoms. The van der Waals surface area contributed by atoms with E-state index < -0.39 is 0 Å². The smallest absolute Gasteiger partial charge is 0.282 e. The number of aromatic nitrogens is 1. The van der Waals surface area contributed by atoms with Gasteiger partial charge in [-0.05, 0) is 25.1 Å². The third kappa shape index (κ3) is 3.84. The van der Waals surface area contributed by atoms with Crippen LogP contribution >= 0.6 is 0 Å². The highest BCUT2D eigenvalue weighted by atomic mass is 16.2. The van der Waals surface area contributed by atoms with E-state index in [4.69, 9.17) is 0 Å². The van der Waals surface area contributed by atoms with Gasteiger partial charge in [0.2, 0.25) is 5.91 Å². The first-order valence-corrected chi connectivity index (χ1v) is 9.88. The average molecular weight is 381 g/mol. The van der Waals surface area contributed by atoms with Crippen LogP contribution in [0.4, 0.5) is 17.2 Å². The molecular formula is C21H27N5O2+2. The average Bonchev–Trinajstić information content (AvgIpc) is 2.83. The van der Waals surface area contributed by atoms with E-state index in [0.29, 0.717) is 18.7 Å². The van der Waals surface area contributed by atoms with Crippen LogP contribution in [0.25, 0.3) is 0 Å². The zero-order chi connectivity index (χ0) is 19.5. The minimum absolute atomic E-state index is 0.0460. The van der Waals surface area contributed by atoms with Gasteiger partial charge in [0.1, 0.15) is 26.2 Å². The number of carbonyl (C=O) groups is 2. The summed E-state index contributed by atoms with van der Waals surface area (Å²) < 4.78 is 0. The minimum atomic E-state index is -0.157. The van der Waals surface area contributed by atoms with Gasteiger partial charge in [0.05, 0.1) is 17.6 Å². The molecule has 0 saturated carbocycles. The van der Waals surface area contributed by atoms with Gasteiger partial charge in [-0.15, -0.1) is 0 Å². The lowest BCUT2D eigenvalue weighted by Crippen LogP contribution is -3.16. The topological polar surface area (TPSA) is 71.2 Å². The molecule has 0 unspecified atom stereocenters. The normalized spacial score (nSPS) is 20.3. The summed E-state index contributed by atoms with van der Waals surface area (Å²) >= 11 is 0. The number of piperazine rings is 1. The first-order valence-electron chi connectivity index (χ1n) is 9.88. The van der Waals surface area contributed by atoms with E-state index in [1.165, 1.54) is 4.90 Å². The van der Waals surface area contributed by atoms with Gasteiger partial charge in [-0.25, -0.2) is 4.98 Å². The lowest BCUT2D eigenvalue weighted by Gasteiger charge is -2.32. The second-order valence-corrected chi connectivity index (χ2v) is 7.54. The fraction of sp³-hybridized carbons (Fsp3) is 0.381. The Morgan fingerprint density at radius 1 is 1.18 bits per heavy atom. The van der Waals surface area contributed by atoms with Crippen LogP contribution in [0.2, 0.25) is 0 Å². The van der Waals surface area contributed by atoms with Gasteiger partial charge >= 0.3 is 0 Å².